The molecule has 0 saturated heterocycles. The summed E-state index contributed by atoms with van der Waals surface area (Å²) in [6.45, 7) is 6.10. The van der Waals surface area contributed by atoms with Crippen molar-refractivity contribution in [1.29, 1.82) is 0 Å². The number of nitrogens with one attached hydrogen (secondary N) is 1. The number of nitrogens with zero attached hydrogens (tertiary/aromatic N) is 2. The number of pyridine rings is 1. The van der Waals surface area contributed by atoms with Crippen LogP contribution in [-0.4, -0.2) is 35.8 Å². The van der Waals surface area contributed by atoms with Gasteiger partial charge in [-0.3, -0.25) is 0 Å². The number of aliphatic hydroxyl groups is 1. The fourth-order valence-corrected chi connectivity index (χ4v) is 3.19. The van der Waals surface area contributed by atoms with Crippen molar-refractivity contribution in [3.8, 4) is 0 Å². The van der Waals surface area contributed by atoms with Crippen molar-refractivity contribution in [3.05, 3.63) is 23.9 Å². The Morgan fingerprint density at radius 3 is 2.85 bits per heavy atom. The highest BCUT2D eigenvalue weighted by Gasteiger charge is 2.26. The summed E-state index contributed by atoms with van der Waals surface area (Å²) in [5.41, 5.74) is 1.23. The second-order valence-electron chi connectivity index (χ2n) is 5.55. The minimum Gasteiger partial charge on any atom is -0.395 e. The van der Waals surface area contributed by atoms with Crippen LogP contribution >= 0.6 is 0 Å². The molecule has 0 radical (unpaired) electrons. The van der Waals surface area contributed by atoms with Crippen LogP contribution in [0.4, 0.5) is 5.82 Å². The first-order chi connectivity index (χ1) is 9.77. The van der Waals surface area contributed by atoms with Gasteiger partial charge in [-0.25, -0.2) is 4.98 Å². The molecule has 0 bridgehead atoms. The molecule has 0 aromatic carbocycles. The lowest BCUT2D eigenvalue weighted by molar-refractivity contribution is 0.296. The van der Waals surface area contributed by atoms with Crippen molar-refractivity contribution in [3.63, 3.8) is 0 Å². The van der Waals surface area contributed by atoms with Gasteiger partial charge >= 0.3 is 0 Å². The number of anilines is 1. The van der Waals surface area contributed by atoms with E-state index < -0.39 is 0 Å². The molecule has 1 aliphatic rings. The molecule has 1 saturated carbocycles. The Balaban J connectivity index is 2.27. The van der Waals surface area contributed by atoms with Gasteiger partial charge in [0.15, 0.2) is 0 Å². The molecule has 1 fully saturated rings. The number of aliphatic hydroxyl groups excluding tert-OH is 1. The summed E-state index contributed by atoms with van der Waals surface area (Å²) < 4.78 is 0. The monoisotopic (exact) mass is 277 g/mol. The Morgan fingerprint density at radius 1 is 1.45 bits per heavy atom. The van der Waals surface area contributed by atoms with Crippen LogP contribution in [0.1, 0.15) is 51.1 Å². The fourth-order valence-electron chi connectivity index (χ4n) is 3.19. The summed E-state index contributed by atoms with van der Waals surface area (Å²) in [5.74, 6) is 1.04. The highest BCUT2D eigenvalue weighted by molar-refractivity contribution is 5.49. The van der Waals surface area contributed by atoms with Crippen molar-refractivity contribution in [1.82, 2.24) is 10.3 Å². The first-order valence-electron chi connectivity index (χ1n) is 7.83. The van der Waals surface area contributed by atoms with Gasteiger partial charge in [-0.2, -0.15) is 0 Å². The molecular formula is C16H27N3O. The number of aromatic nitrogens is 1. The van der Waals surface area contributed by atoms with Gasteiger partial charge in [0.05, 0.1) is 6.61 Å². The molecule has 20 heavy (non-hydrogen) atoms. The normalized spacial score (nSPS) is 17.4. The van der Waals surface area contributed by atoms with Crippen molar-refractivity contribution < 1.29 is 5.11 Å². The molecule has 112 valence electrons. The summed E-state index contributed by atoms with van der Waals surface area (Å²) >= 11 is 0. The molecule has 2 rings (SSSR count). The second-order valence-corrected chi connectivity index (χ2v) is 5.55. The number of rotatable bonds is 7. The third-order valence-corrected chi connectivity index (χ3v) is 4.17. The van der Waals surface area contributed by atoms with Gasteiger partial charge in [0.2, 0.25) is 0 Å². The Labute approximate surface area is 122 Å². The first-order valence-corrected chi connectivity index (χ1v) is 7.83. The van der Waals surface area contributed by atoms with Crippen LogP contribution in [0.5, 0.6) is 0 Å². The third-order valence-electron chi connectivity index (χ3n) is 4.17. The summed E-state index contributed by atoms with van der Waals surface area (Å²) in [6, 6.07) is 4.96. The van der Waals surface area contributed by atoms with Gasteiger partial charge in [-0.1, -0.05) is 25.8 Å². The van der Waals surface area contributed by atoms with Gasteiger partial charge in [0.25, 0.3) is 0 Å². The van der Waals surface area contributed by atoms with Crippen LogP contribution in [-0.2, 0) is 0 Å². The summed E-state index contributed by atoms with van der Waals surface area (Å²) in [4.78, 5) is 6.94. The van der Waals surface area contributed by atoms with Crippen LogP contribution in [0, 0.1) is 0 Å². The van der Waals surface area contributed by atoms with E-state index in [0.717, 1.165) is 12.4 Å². The van der Waals surface area contributed by atoms with Crippen LogP contribution in [0.15, 0.2) is 18.3 Å². The number of hydrogen-bond donors (Lipinski definition) is 2. The lowest BCUT2D eigenvalue weighted by Crippen LogP contribution is -2.37. The van der Waals surface area contributed by atoms with E-state index in [1.807, 2.05) is 12.3 Å². The zero-order chi connectivity index (χ0) is 14.4. The third kappa shape index (κ3) is 3.49. The maximum absolute atomic E-state index is 9.41. The summed E-state index contributed by atoms with van der Waals surface area (Å²) in [7, 11) is 0. The van der Waals surface area contributed by atoms with Crippen LogP contribution in [0.25, 0.3) is 0 Å². The first kappa shape index (κ1) is 15.3. The molecule has 4 heteroatoms. The topological polar surface area (TPSA) is 48.4 Å². The van der Waals surface area contributed by atoms with Crippen molar-refractivity contribution in [2.24, 2.45) is 0 Å². The highest BCUT2D eigenvalue weighted by atomic mass is 16.3. The van der Waals surface area contributed by atoms with E-state index in [4.69, 9.17) is 0 Å². The molecule has 1 aliphatic carbocycles. The second kappa shape index (κ2) is 7.60. The van der Waals surface area contributed by atoms with Gasteiger partial charge in [0, 0.05) is 30.4 Å². The molecule has 1 aromatic heterocycles. The fraction of sp³-hybridized carbons (Fsp3) is 0.688. The lowest BCUT2D eigenvalue weighted by atomic mass is 10.1. The smallest absolute Gasteiger partial charge is 0.133 e. The molecule has 1 aromatic rings. The largest absolute Gasteiger partial charge is 0.395 e. The highest BCUT2D eigenvalue weighted by Crippen LogP contribution is 2.31. The molecule has 0 spiro atoms. The van der Waals surface area contributed by atoms with E-state index in [1.165, 1.54) is 31.2 Å². The Morgan fingerprint density at radius 2 is 2.20 bits per heavy atom. The zero-order valence-corrected chi connectivity index (χ0v) is 12.7. The van der Waals surface area contributed by atoms with E-state index in [1.54, 1.807) is 0 Å². The van der Waals surface area contributed by atoms with Gasteiger partial charge in [0.1, 0.15) is 5.82 Å². The predicted molar refractivity (Wildman–Crippen MR) is 83.0 cm³/mol. The van der Waals surface area contributed by atoms with E-state index >= 15 is 0 Å². The van der Waals surface area contributed by atoms with Crippen LogP contribution in [0.3, 0.4) is 0 Å². The maximum atomic E-state index is 9.41. The zero-order valence-electron chi connectivity index (χ0n) is 12.7. The van der Waals surface area contributed by atoms with Crippen molar-refractivity contribution in [2.75, 3.05) is 24.6 Å². The summed E-state index contributed by atoms with van der Waals surface area (Å²) in [6.07, 6.45) is 6.86. The van der Waals surface area contributed by atoms with Crippen LogP contribution < -0.4 is 10.2 Å². The van der Waals surface area contributed by atoms with Gasteiger partial charge in [-0.15, -0.1) is 0 Å². The SMILES string of the molecule is CCNC(C)c1cccnc1N(CCO)C1CCCC1. The van der Waals surface area contributed by atoms with Crippen molar-refractivity contribution >= 4 is 5.82 Å². The lowest BCUT2D eigenvalue weighted by Gasteiger charge is -2.32. The van der Waals surface area contributed by atoms with Gasteiger partial charge in [-0.05, 0) is 32.4 Å². The molecule has 1 atom stereocenters. The summed E-state index contributed by atoms with van der Waals surface area (Å²) in [5, 5.41) is 12.9. The molecule has 0 amide bonds. The number of hydrogen-bond acceptors (Lipinski definition) is 4. The Kier molecular flexibility index (Phi) is 5.80. The standard InChI is InChI=1S/C16H27N3O/c1-3-17-13(2)15-9-6-10-18-16(15)19(11-12-20)14-7-4-5-8-14/h6,9-10,13-14,17,20H,3-5,7-8,11-12H2,1-2H3. The molecule has 1 unspecified atom stereocenters. The quantitative estimate of drug-likeness (QED) is 0.804. The Bertz CT molecular complexity index is 404. The van der Waals surface area contributed by atoms with Crippen molar-refractivity contribution in [2.45, 2.75) is 51.6 Å². The average Bonchev–Trinajstić information content (AvgIpc) is 2.99. The minimum absolute atomic E-state index is 0.183. The molecular weight excluding hydrogens is 250 g/mol. The predicted octanol–water partition coefficient (Wildman–Crippen LogP) is 2.49. The minimum atomic E-state index is 0.183. The Hall–Kier alpha value is -1.13. The van der Waals surface area contributed by atoms with E-state index in [2.05, 4.69) is 35.1 Å². The molecule has 4 nitrogen and oxygen atoms in total. The molecule has 1 heterocycles. The van der Waals surface area contributed by atoms with E-state index in [9.17, 15) is 5.11 Å². The maximum Gasteiger partial charge on any atom is 0.133 e. The van der Waals surface area contributed by atoms with E-state index in [0.29, 0.717) is 12.6 Å². The average molecular weight is 277 g/mol. The van der Waals surface area contributed by atoms with E-state index in [-0.39, 0.29) is 12.6 Å². The van der Waals surface area contributed by atoms with Gasteiger partial charge < -0.3 is 15.3 Å². The molecule has 2 N–H and O–H groups in total. The molecule has 0 aliphatic heterocycles. The van der Waals surface area contributed by atoms with Crippen LogP contribution in [0.2, 0.25) is 0 Å².